The van der Waals surface area contributed by atoms with E-state index in [1.165, 1.54) is 32.4 Å². The summed E-state index contributed by atoms with van der Waals surface area (Å²) in [4.78, 5) is 13.0. The molecule has 0 spiro atoms. The topological polar surface area (TPSA) is 32.3 Å². The highest BCUT2D eigenvalue weighted by Crippen LogP contribution is 2.14. The van der Waals surface area contributed by atoms with E-state index < -0.39 is 12.1 Å². The van der Waals surface area contributed by atoms with Crippen molar-refractivity contribution in [1.82, 2.24) is 10.2 Å². The fourth-order valence-corrected chi connectivity index (χ4v) is 2.30. The highest BCUT2D eigenvalue weighted by molar-refractivity contribution is 5.81. The Morgan fingerprint density at radius 3 is 2.26 bits per heavy atom. The zero-order valence-electron chi connectivity index (χ0n) is 11.3. The first-order valence-electron chi connectivity index (χ1n) is 7.07. The quantitative estimate of drug-likeness (QED) is 0.727. The van der Waals surface area contributed by atoms with Gasteiger partial charge in [0.25, 0.3) is 0 Å². The maximum Gasteiger partial charge on any atom is 0.471 e. The van der Waals surface area contributed by atoms with Crippen molar-refractivity contribution < 1.29 is 18.0 Å². The van der Waals surface area contributed by atoms with Gasteiger partial charge in [0.2, 0.25) is 0 Å². The van der Waals surface area contributed by atoms with Crippen molar-refractivity contribution >= 4 is 5.91 Å². The number of rotatable bonds is 7. The molecule has 1 amide bonds. The van der Waals surface area contributed by atoms with E-state index in [0.717, 1.165) is 25.8 Å². The molecule has 1 aliphatic heterocycles. The molecule has 0 aromatic rings. The first kappa shape index (κ1) is 16.3. The maximum atomic E-state index is 11.9. The molecule has 0 aromatic heterocycles. The number of carbonyl (C=O) groups is 1. The second-order valence-electron chi connectivity index (χ2n) is 5.07. The van der Waals surface area contributed by atoms with Gasteiger partial charge in [-0.2, -0.15) is 13.2 Å². The van der Waals surface area contributed by atoms with Crippen molar-refractivity contribution in [3.8, 4) is 0 Å². The zero-order valence-corrected chi connectivity index (χ0v) is 11.3. The van der Waals surface area contributed by atoms with E-state index in [9.17, 15) is 18.0 Å². The van der Waals surface area contributed by atoms with Crippen LogP contribution in [0.25, 0.3) is 0 Å². The lowest BCUT2D eigenvalue weighted by Gasteiger charge is -2.26. The summed E-state index contributed by atoms with van der Waals surface area (Å²) in [7, 11) is 0. The number of nitrogens with zero attached hydrogens (tertiary/aromatic N) is 1. The van der Waals surface area contributed by atoms with Crippen molar-refractivity contribution in [1.29, 1.82) is 0 Å². The number of alkyl halides is 3. The number of carbonyl (C=O) groups excluding carboxylic acids is 1. The summed E-state index contributed by atoms with van der Waals surface area (Å²) in [6, 6.07) is 0. The van der Waals surface area contributed by atoms with Crippen LogP contribution in [0.15, 0.2) is 0 Å². The zero-order chi connectivity index (χ0) is 14.1. The van der Waals surface area contributed by atoms with Crippen molar-refractivity contribution in [2.45, 2.75) is 51.1 Å². The van der Waals surface area contributed by atoms with Gasteiger partial charge < -0.3 is 10.2 Å². The van der Waals surface area contributed by atoms with Gasteiger partial charge in [-0.3, -0.25) is 4.79 Å². The van der Waals surface area contributed by atoms with Crippen LogP contribution >= 0.6 is 0 Å². The van der Waals surface area contributed by atoms with E-state index in [1.807, 2.05) is 5.32 Å². The van der Waals surface area contributed by atoms with Crippen LogP contribution in [0.1, 0.15) is 44.9 Å². The predicted octanol–water partition coefficient (Wildman–Crippen LogP) is 2.71. The highest BCUT2D eigenvalue weighted by Gasteiger charge is 2.38. The summed E-state index contributed by atoms with van der Waals surface area (Å²) >= 11 is 0. The fourth-order valence-electron chi connectivity index (χ4n) is 2.30. The number of hydrogen-bond donors (Lipinski definition) is 1. The summed E-state index contributed by atoms with van der Waals surface area (Å²) in [6.45, 7) is 3.57. The molecule has 1 N–H and O–H groups in total. The van der Waals surface area contributed by atoms with Gasteiger partial charge in [-0.05, 0) is 45.3 Å². The SMILES string of the molecule is O=C(NCCCCCCN1CCCCC1)C(F)(F)F. The van der Waals surface area contributed by atoms with Crippen LogP contribution < -0.4 is 5.32 Å². The molecule has 0 aromatic carbocycles. The molecule has 1 heterocycles. The molecule has 1 aliphatic rings. The second-order valence-corrected chi connectivity index (χ2v) is 5.07. The average Bonchev–Trinajstić information content (AvgIpc) is 2.37. The number of amides is 1. The molecule has 0 atom stereocenters. The summed E-state index contributed by atoms with van der Waals surface area (Å²) in [5.74, 6) is -1.83. The first-order chi connectivity index (χ1) is 9.00. The van der Waals surface area contributed by atoms with Crippen molar-refractivity contribution in [3.05, 3.63) is 0 Å². The Bertz CT molecular complexity index is 263. The molecule has 1 rings (SSSR count). The highest BCUT2D eigenvalue weighted by atomic mass is 19.4. The molecule has 0 aliphatic carbocycles. The van der Waals surface area contributed by atoms with E-state index in [1.54, 1.807) is 0 Å². The van der Waals surface area contributed by atoms with Gasteiger partial charge in [0, 0.05) is 6.54 Å². The largest absolute Gasteiger partial charge is 0.471 e. The van der Waals surface area contributed by atoms with Crippen LogP contribution in [0.2, 0.25) is 0 Å². The first-order valence-corrected chi connectivity index (χ1v) is 7.07. The molecule has 1 fully saturated rings. The van der Waals surface area contributed by atoms with Gasteiger partial charge in [0.15, 0.2) is 0 Å². The van der Waals surface area contributed by atoms with Crippen LogP contribution in [0.4, 0.5) is 13.2 Å². The minimum atomic E-state index is -4.76. The minimum Gasteiger partial charge on any atom is -0.348 e. The van der Waals surface area contributed by atoms with Gasteiger partial charge in [-0.25, -0.2) is 0 Å². The average molecular weight is 280 g/mol. The number of piperidine rings is 1. The van der Waals surface area contributed by atoms with Gasteiger partial charge in [0.05, 0.1) is 0 Å². The lowest BCUT2D eigenvalue weighted by molar-refractivity contribution is -0.173. The van der Waals surface area contributed by atoms with E-state index in [0.29, 0.717) is 6.42 Å². The number of likely N-dealkylation sites (tertiary alicyclic amines) is 1. The van der Waals surface area contributed by atoms with Crippen molar-refractivity contribution in [2.24, 2.45) is 0 Å². The smallest absolute Gasteiger partial charge is 0.348 e. The normalized spacial score (nSPS) is 17.4. The van der Waals surface area contributed by atoms with Gasteiger partial charge in [0.1, 0.15) is 0 Å². The third-order valence-corrected chi connectivity index (χ3v) is 3.39. The molecule has 0 bridgehead atoms. The molecule has 1 saturated heterocycles. The van der Waals surface area contributed by atoms with Crippen LogP contribution in [-0.4, -0.2) is 43.2 Å². The molecule has 112 valence electrons. The van der Waals surface area contributed by atoms with Crippen LogP contribution in [0.3, 0.4) is 0 Å². The van der Waals surface area contributed by atoms with E-state index in [-0.39, 0.29) is 6.54 Å². The summed E-state index contributed by atoms with van der Waals surface area (Å²) in [6.07, 6.45) is 2.72. The molecule has 3 nitrogen and oxygen atoms in total. The Balaban J connectivity index is 1.90. The third kappa shape index (κ3) is 7.40. The predicted molar refractivity (Wildman–Crippen MR) is 67.8 cm³/mol. The van der Waals surface area contributed by atoms with Crippen LogP contribution in [-0.2, 0) is 4.79 Å². The minimum absolute atomic E-state index is 0.113. The molecule has 0 radical (unpaired) electrons. The monoisotopic (exact) mass is 280 g/mol. The summed E-state index contributed by atoms with van der Waals surface area (Å²) in [5, 5.41) is 1.89. The Morgan fingerprint density at radius 2 is 1.63 bits per heavy atom. The second kappa shape index (κ2) is 8.40. The molecule has 6 heteroatoms. The third-order valence-electron chi connectivity index (χ3n) is 3.39. The Kier molecular flexibility index (Phi) is 7.20. The Labute approximate surface area is 112 Å². The maximum absolute atomic E-state index is 11.9. The van der Waals surface area contributed by atoms with E-state index >= 15 is 0 Å². The summed E-state index contributed by atoms with van der Waals surface area (Å²) in [5.41, 5.74) is 0. The molecular weight excluding hydrogens is 257 g/mol. The molecular formula is C13H23F3N2O. The van der Waals surface area contributed by atoms with Crippen molar-refractivity contribution in [2.75, 3.05) is 26.2 Å². The van der Waals surface area contributed by atoms with Gasteiger partial charge in [-0.1, -0.05) is 19.3 Å². The standard InChI is InChI=1S/C13H23F3N2O/c14-13(15,16)12(19)17-8-4-1-2-5-9-18-10-6-3-7-11-18/h1-11H2,(H,17,19). The number of nitrogens with one attached hydrogen (secondary N) is 1. The van der Waals surface area contributed by atoms with Gasteiger partial charge in [-0.15, -0.1) is 0 Å². The number of hydrogen-bond acceptors (Lipinski definition) is 2. The molecule has 0 saturated carbocycles. The van der Waals surface area contributed by atoms with Gasteiger partial charge >= 0.3 is 12.1 Å². The number of halogens is 3. The van der Waals surface area contributed by atoms with Crippen LogP contribution in [0, 0.1) is 0 Å². The van der Waals surface area contributed by atoms with E-state index in [2.05, 4.69) is 4.90 Å². The fraction of sp³-hybridized carbons (Fsp3) is 0.923. The summed E-state index contributed by atoms with van der Waals surface area (Å²) < 4.78 is 35.6. The van der Waals surface area contributed by atoms with E-state index in [4.69, 9.17) is 0 Å². The Hall–Kier alpha value is -0.780. The molecule has 19 heavy (non-hydrogen) atoms. The number of unbranched alkanes of at least 4 members (excludes halogenated alkanes) is 3. The molecule has 0 unspecified atom stereocenters. The lowest BCUT2D eigenvalue weighted by Crippen LogP contribution is -2.37. The lowest BCUT2D eigenvalue weighted by atomic mass is 10.1. The van der Waals surface area contributed by atoms with Crippen molar-refractivity contribution in [3.63, 3.8) is 0 Å². The Morgan fingerprint density at radius 1 is 1.00 bits per heavy atom. The van der Waals surface area contributed by atoms with Crippen LogP contribution in [0.5, 0.6) is 0 Å².